The molecule has 90 valence electrons. The molecule has 0 aliphatic heterocycles. The van der Waals surface area contributed by atoms with Crippen molar-refractivity contribution in [1.82, 2.24) is 0 Å². The Labute approximate surface area is 107 Å². The molecule has 17 heavy (non-hydrogen) atoms. The summed E-state index contributed by atoms with van der Waals surface area (Å²) in [6.45, 7) is 1.41. The summed E-state index contributed by atoms with van der Waals surface area (Å²) in [6, 6.07) is 4.43. The lowest BCUT2D eigenvalue weighted by Crippen LogP contribution is -2.03. The normalized spacial score (nSPS) is 12.6. The maximum atomic E-state index is 11.3. The van der Waals surface area contributed by atoms with Gasteiger partial charge in [0.05, 0.1) is 4.83 Å². The molecule has 0 aliphatic rings. The van der Waals surface area contributed by atoms with Crippen LogP contribution in [0.5, 0.6) is 5.75 Å². The van der Waals surface area contributed by atoms with Crippen LogP contribution in [0, 0.1) is 0 Å². The van der Waals surface area contributed by atoms with E-state index in [2.05, 4.69) is 15.9 Å². The Kier molecular flexibility index (Phi) is 4.45. The summed E-state index contributed by atoms with van der Waals surface area (Å²) >= 11 is 3.20. The molecule has 0 heterocycles. The molecular formula is C12H11BrO4. The first-order valence-electron chi connectivity index (χ1n) is 4.80. The van der Waals surface area contributed by atoms with E-state index in [1.54, 1.807) is 6.07 Å². The monoisotopic (exact) mass is 298 g/mol. The van der Waals surface area contributed by atoms with Crippen LogP contribution in [0.25, 0.3) is 6.08 Å². The molecule has 0 radical (unpaired) electrons. The Morgan fingerprint density at radius 2 is 2.06 bits per heavy atom. The van der Waals surface area contributed by atoms with E-state index in [9.17, 15) is 14.7 Å². The van der Waals surface area contributed by atoms with Gasteiger partial charge in [-0.25, -0.2) is 4.79 Å². The number of halogens is 1. The lowest BCUT2D eigenvalue weighted by molar-refractivity contribution is -0.131. The Bertz CT molecular complexity index is 479. The molecular weight excluding hydrogens is 288 g/mol. The quantitative estimate of drug-likeness (QED) is 0.661. The first-order chi connectivity index (χ1) is 7.91. The first kappa shape index (κ1) is 13.4. The van der Waals surface area contributed by atoms with Gasteiger partial charge in [0.1, 0.15) is 11.5 Å². The molecule has 1 aromatic rings. The average Bonchev–Trinajstić information content (AvgIpc) is 2.26. The van der Waals surface area contributed by atoms with Crippen LogP contribution in [0.15, 0.2) is 24.3 Å². The number of hydrogen-bond donors (Lipinski definition) is 2. The summed E-state index contributed by atoms with van der Waals surface area (Å²) in [4.78, 5) is 21.2. The summed E-state index contributed by atoms with van der Waals surface area (Å²) in [5, 5.41) is 17.9. The molecule has 0 fully saturated rings. The number of aliphatic carboxylic acids is 1. The number of rotatable bonds is 4. The third kappa shape index (κ3) is 3.71. The molecule has 1 rings (SSSR count). The van der Waals surface area contributed by atoms with Crippen molar-refractivity contribution in [2.24, 2.45) is 0 Å². The second kappa shape index (κ2) is 5.63. The van der Waals surface area contributed by atoms with E-state index in [1.165, 1.54) is 25.1 Å². The highest BCUT2D eigenvalue weighted by Gasteiger charge is 2.16. The van der Waals surface area contributed by atoms with Gasteiger partial charge in [0.2, 0.25) is 0 Å². The van der Waals surface area contributed by atoms with Gasteiger partial charge in [-0.3, -0.25) is 4.79 Å². The van der Waals surface area contributed by atoms with Crippen LogP contribution >= 0.6 is 15.9 Å². The zero-order valence-corrected chi connectivity index (χ0v) is 10.6. The minimum atomic E-state index is -1.07. The third-order valence-electron chi connectivity index (χ3n) is 2.11. The van der Waals surface area contributed by atoms with Gasteiger partial charge < -0.3 is 10.2 Å². The maximum Gasteiger partial charge on any atom is 0.328 e. The smallest absolute Gasteiger partial charge is 0.328 e. The number of alkyl halides is 1. The largest absolute Gasteiger partial charge is 0.508 e. The molecule has 1 unspecified atom stereocenters. The molecule has 1 atom stereocenters. The van der Waals surface area contributed by atoms with Crippen LogP contribution in [0.3, 0.4) is 0 Å². The topological polar surface area (TPSA) is 74.6 Å². The Morgan fingerprint density at radius 1 is 1.41 bits per heavy atom. The van der Waals surface area contributed by atoms with Gasteiger partial charge in [0.25, 0.3) is 0 Å². The van der Waals surface area contributed by atoms with E-state index < -0.39 is 10.8 Å². The summed E-state index contributed by atoms with van der Waals surface area (Å²) in [6.07, 6.45) is 2.37. The summed E-state index contributed by atoms with van der Waals surface area (Å²) < 4.78 is 0. The Hall–Kier alpha value is -1.62. The summed E-state index contributed by atoms with van der Waals surface area (Å²) in [5.41, 5.74) is 1.11. The molecule has 4 nitrogen and oxygen atoms in total. The van der Waals surface area contributed by atoms with Crippen LogP contribution in [0.4, 0.5) is 0 Å². The van der Waals surface area contributed by atoms with Crippen molar-refractivity contribution in [3.05, 3.63) is 35.4 Å². The van der Waals surface area contributed by atoms with Crippen molar-refractivity contribution >= 4 is 33.8 Å². The lowest BCUT2D eigenvalue weighted by Gasteiger charge is -2.10. The van der Waals surface area contributed by atoms with E-state index >= 15 is 0 Å². The van der Waals surface area contributed by atoms with E-state index in [0.29, 0.717) is 11.1 Å². The molecule has 0 saturated heterocycles. The van der Waals surface area contributed by atoms with Gasteiger partial charge in [0.15, 0.2) is 0 Å². The molecule has 0 spiro atoms. The molecule has 0 amide bonds. The highest BCUT2D eigenvalue weighted by atomic mass is 79.9. The molecule has 0 saturated carbocycles. The highest BCUT2D eigenvalue weighted by Crippen LogP contribution is 2.30. The van der Waals surface area contributed by atoms with Gasteiger partial charge in [-0.15, -0.1) is 0 Å². The minimum Gasteiger partial charge on any atom is -0.508 e. The van der Waals surface area contributed by atoms with Gasteiger partial charge in [-0.1, -0.05) is 22.0 Å². The number of carboxylic acid groups (broad SMARTS) is 1. The number of Topliss-reactive ketones (excluding diaryl/α,β-unsaturated/α-hetero) is 1. The molecule has 0 aliphatic carbocycles. The number of ketones is 1. The van der Waals surface area contributed by atoms with Gasteiger partial charge in [0, 0.05) is 6.08 Å². The molecule has 0 bridgehead atoms. The van der Waals surface area contributed by atoms with E-state index in [-0.39, 0.29) is 11.5 Å². The van der Waals surface area contributed by atoms with Crippen LogP contribution in [-0.4, -0.2) is 22.0 Å². The number of carbonyl (C=O) groups is 2. The van der Waals surface area contributed by atoms with Crippen molar-refractivity contribution in [1.29, 1.82) is 0 Å². The van der Waals surface area contributed by atoms with Crippen LogP contribution in [0.2, 0.25) is 0 Å². The van der Waals surface area contributed by atoms with Gasteiger partial charge >= 0.3 is 5.97 Å². The zero-order valence-electron chi connectivity index (χ0n) is 9.05. The number of aromatic hydroxyl groups is 1. The van der Waals surface area contributed by atoms with Crippen molar-refractivity contribution in [2.45, 2.75) is 11.8 Å². The molecule has 2 N–H and O–H groups in total. The number of hydrogen-bond acceptors (Lipinski definition) is 3. The minimum absolute atomic E-state index is 0.0261. The number of carboxylic acids is 1. The SMILES string of the molecule is CC(=O)C(Br)c1cc(O)ccc1C=CC(=O)O. The van der Waals surface area contributed by atoms with E-state index in [1.807, 2.05) is 0 Å². The van der Waals surface area contributed by atoms with Crippen LogP contribution in [-0.2, 0) is 9.59 Å². The summed E-state index contributed by atoms with van der Waals surface area (Å²) in [7, 11) is 0. The Balaban J connectivity index is 3.21. The van der Waals surface area contributed by atoms with Crippen molar-refractivity contribution in [3.63, 3.8) is 0 Å². The van der Waals surface area contributed by atoms with Crippen LogP contribution in [0.1, 0.15) is 22.9 Å². The van der Waals surface area contributed by atoms with Crippen molar-refractivity contribution in [3.8, 4) is 5.75 Å². The lowest BCUT2D eigenvalue weighted by atomic mass is 10.0. The average molecular weight is 299 g/mol. The van der Waals surface area contributed by atoms with Crippen molar-refractivity contribution in [2.75, 3.05) is 0 Å². The number of phenols is 1. The fraction of sp³-hybridized carbons (Fsp3) is 0.167. The second-order valence-electron chi connectivity index (χ2n) is 3.46. The predicted molar refractivity (Wildman–Crippen MR) is 67.1 cm³/mol. The Morgan fingerprint density at radius 3 is 2.59 bits per heavy atom. The zero-order chi connectivity index (χ0) is 13.0. The fourth-order valence-corrected chi connectivity index (χ4v) is 1.71. The van der Waals surface area contributed by atoms with E-state index in [0.717, 1.165) is 6.08 Å². The highest BCUT2D eigenvalue weighted by molar-refractivity contribution is 9.09. The second-order valence-corrected chi connectivity index (χ2v) is 4.37. The number of carbonyl (C=O) groups excluding carboxylic acids is 1. The van der Waals surface area contributed by atoms with Crippen LogP contribution < -0.4 is 0 Å². The fourth-order valence-electron chi connectivity index (χ4n) is 1.31. The molecule has 1 aromatic carbocycles. The molecule has 5 heteroatoms. The third-order valence-corrected chi connectivity index (χ3v) is 3.24. The maximum absolute atomic E-state index is 11.3. The summed E-state index contributed by atoms with van der Waals surface area (Å²) in [5.74, 6) is -1.17. The van der Waals surface area contributed by atoms with Crippen molar-refractivity contribution < 1.29 is 19.8 Å². The van der Waals surface area contributed by atoms with Gasteiger partial charge in [-0.05, 0) is 36.3 Å². The number of benzene rings is 1. The standard InChI is InChI=1S/C12H11BrO4/c1-7(14)12(13)10-6-9(15)4-2-8(10)3-5-11(16)17/h2-6,12,15H,1H3,(H,16,17). The van der Waals surface area contributed by atoms with E-state index in [4.69, 9.17) is 5.11 Å². The van der Waals surface area contributed by atoms with Gasteiger partial charge in [-0.2, -0.15) is 0 Å². The number of phenolic OH excluding ortho intramolecular Hbond substituents is 1. The first-order valence-corrected chi connectivity index (χ1v) is 5.72. The molecule has 0 aromatic heterocycles. The predicted octanol–water partition coefficient (Wildman–Crippen LogP) is 2.51.